The summed E-state index contributed by atoms with van der Waals surface area (Å²) in [7, 11) is 0. The second kappa shape index (κ2) is 11.3. The molecule has 6 nitrogen and oxygen atoms in total. The number of aryl methyl sites for hydroxylation is 2. The Balaban J connectivity index is 1.68. The lowest BCUT2D eigenvalue weighted by atomic mass is 9.95. The minimum Gasteiger partial charge on any atom is -0.463 e. The molecular formula is C33H25ClF3N3O3S. The number of aromatic amines is 1. The minimum absolute atomic E-state index is 0.159. The number of hydrogen-bond acceptors (Lipinski definition) is 5. The molecule has 6 rings (SSSR count). The summed E-state index contributed by atoms with van der Waals surface area (Å²) >= 11 is 6.91. The average Bonchev–Trinajstić information content (AvgIpc) is 3.50. The van der Waals surface area contributed by atoms with E-state index < -0.39 is 35.0 Å². The third-order valence-electron chi connectivity index (χ3n) is 7.41. The summed E-state index contributed by atoms with van der Waals surface area (Å²) in [6, 6.07) is 18.1. The molecule has 1 aliphatic heterocycles. The first-order valence-electron chi connectivity index (χ1n) is 13.7. The smallest absolute Gasteiger partial charge is 0.434 e. The van der Waals surface area contributed by atoms with Gasteiger partial charge in [0.25, 0.3) is 5.56 Å². The van der Waals surface area contributed by atoms with Crippen LogP contribution in [0.4, 0.5) is 13.2 Å². The van der Waals surface area contributed by atoms with E-state index in [0.29, 0.717) is 10.6 Å². The third-order valence-corrected chi connectivity index (χ3v) is 8.64. The molecular weight excluding hydrogens is 611 g/mol. The highest BCUT2D eigenvalue weighted by Gasteiger charge is 2.45. The summed E-state index contributed by atoms with van der Waals surface area (Å²) in [5.74, 6) is -1.20. The van der Waals surface area contributed by atoms with E-state index >= 15 is 0 Å². The second-order valence-corrected chi connectivity index (χ2v) is 11.8. The average molecular weight is 636 g/mol. The van der Waals surface area contributed by atoms with E-state index in [0.717, 1.165) is 49.2 Å². The van der Waals surface area contributed by atoms with Gasteiger partial charge in [-0.3, -0.25) is 9.36 Å². The number of carbonyl (C=O) groups excluding carboxylic acids is 1. The molecule has 0 spiro atoms. The molecule has 5 aromatic rings. The minimum atomic E-state index is -4.99. The number of benzene rings is 3. The molecule has 0 saturated carbocycles. The summed E-state index contributed by atoms with van der Waals surface area (Å²) < 4.78 is 49.8. The highest BCUT2D eigenvalue weighted by Crippen LogP contribution is 2.39. The fourth-order valence-electron chi connectivity index (χ4n) is 5.59. The lowest BCUT2D eigenvalue weighted by Crippen LogP contribution is -2.41. The van der Waals surface area contributed by atoms with E-state index in [9.17, 15) is 22.8 Å². The Morgan fingerprint density at radius 3 is 2.48 bits per heavy atom. The van der Waals surface area contributed by atoms with Crippen LogP contribution < -0.4 is 14.9 Å². The van der Waals surface area contributed by atoms with Crippen LogP contribution in [-0.4, -0.2) is 28.3 Å². The number of thiazole rings is 1. The van der Waals surface area contributed by atoms with E-state index in [-0.39, 0.29) is 21.5 Å². The van der Waals surface area contributed by atoms with Crippen molar-refractivity contribution in [1.82, 2.24) is 9.55 Å². The van der Waals surface area contributed by atoms with Gasteiger partial charge in [0.1, 0.15) is 0 Å². The first-order valence-corrected chi connectivity index (χ1v) is 14.9. The molecule has 44 heavy (non-hydrogen) atoms. The Morgan fingerprint density at radius 2 is 1.82 bits per heavy atom. The summed E-state index contributed by atoms with van der Waals surface area (Å²) in [6.45, 7) is 5.29. The van der Waals surface area contributed by atoms with Crippen LogP contribution in [0.2, 0.25) is 5.02 Å². The topological polar surface area (TPSA) is 76.4 Å². The van der Waals surface area contributed by atoms with Crippen molar-refractivity contribution in [3.05, 3.63) is 125 Å². The zero-order valence-electron chi connectivity index (χ0n) is 23.8. The van der Waals surface area contributed by atoms with Crippen molar-refractivity contribution in [2.45, 2.75) is 33.0 Å². The lowest BCUT2D eigenvalue weighted by Gasteiger charge is -2.26. The van der Waals surface area contributed by atoms with E-state index in [4.69, 9.17) is 16.3 Å². The number of esters is 1. The van der Waals surface area contributed by atoms with Crippen molar-refractivity contribution in [3.8, 4) is 11.3 Å². The number of fused-ring (bicyclic) bond motifs is 2. The fourth-order valence-corrected chi connectivity index (χ4v) is 6.70. The van der Waals surface area contributed by atoms with Crippen LogP contribution in [0.3, 0.4) is 0 Å². The van der Waals surface area contributed by atoms with Crippen LogP contribution in [0.15, 0.2) is 87.8 Å². The van der Waals surface area contributed by atoms with E-state index in [2.05, 4.69) is 9.98 Å². The predicted molar refractivity (Wildman–Crippen MR) is 165 cm³/mol. The van der Waals surface area contributed by atoms with E-state index in [1.165, 1.54) is 31.2 Å². The Labute approximate surface area is 258 Å². The number of ether oxygens (including phenoxy) is 1. The van der Waals surface area contributed by atoms with Gasteiger partial charge in [-0.15, -0.1) is 0 Å². The zero-order valence-corrected chi connectivity index (χ0v) is 25.3. The fraction of sp³-hybridized carbons (Fsp3) is 0.182. The maximum absolute atomic E-state index is 14.5. The lowest BCUT2D eigenvalue weighted by molar-refractivity contribution is -0.140. The van der Waals surface area contributed by atoms with Crippen molar-refractivity contribution < 1.29 is 22.7 Å². The van der Waals surface area contributed by atoms with Gasteiger partial charge in [-0.2, -0.15) is 13.2 Å². The number of rotatable bonds is 5. The molecule has 0 aliphatic carbocycles. The SMILES string of the molecule is CCOC(=O)C1=C(C(F)(F)F)N=c2s/c(=C\c3c(-c4ccccc4)[nH]c4c(C)cc(C)cc34)c(=O)n2[C@@H]1c1ccc(Cl)cc1. The highest BCUT2D eigenvalue weighted by atomic mass is 35.5. The van der Waals surface area contributed by atoms with Crippen LogP contribution in [0.1, 0.15) is 35.2 Å². The van der Waals surface area contributed by atoms with Crippen molar-refractivity contribution in [1.29, 1.82) is 0 Å². The molecule has 0 amide bonds. The number of carbonyl (C=O) groups is 1. The van der Waals surface area contributed by atoms with Crippen molar-refractivity contribution in [3.63, 3.8) is 0 Å². The molecule has 0 radical (unpaired) electrons. The predicted octanol–water partition coefficient (Wildman–Crippen LogP) is 6.76. The van der Waals surface area contributed by atoms with Gasteiger partial charge >= 0.3 is 12.1 Å². The van der Waals surface area contributed by atoms with Gasteiger partial charge in [-0.25, -0.2) is 9.79 Å². The van der Waals surface area contributed by atoms with Crippen molar-refractivity contribution >= 4 is 45.9 Å². The molecule has 0 saturated heterocycles. The number of aromatic nitrogens is 2. The summed E-state index contributed by atoms with van der Waals surface area (Å²) in [4.78, 5) is 34.5. The molecule has 1 N–H and O–H groups in total. The summed E-state index contributed by atoms with van der Waals surface area (Å²) in [6.07, 6.45) is -3.31. The number of nitrogens with one attached hydrogen (secondary N) is 1. The largest absolute Gasteiger partial charge is 0.463 e. The Bertz CT molecular complexity index is 2140. The van der Waals surface area contributed by atoms with Gasteiger partial charge in [0.2, 0.25) is 0 Å². The summed E-state index contributed by atoms with van der Waals surface area (Å²) in [5, 5.41) is 1.21. The standard InChI is InChI=1S/C33H25ClF3N3O3S/c1-4-43-31(42)25-28(20-10-12-21(34)13-11-20)40-30(41)24(44-32(40)39-29(25)33(35,36)37)16-23-22-15-17(2)14-18(3)26(22)38-27(23)19-8-6-5-7-9-19/h5-16,28,38H,4H2,1-3H3/b24-16-/t28-/m1/s1. The Kier molecular flexibility index (Phi) is 7.59. The molecule has 1 atom stereocenters. The number of hydrogen-bond donors (Lipinski definition) is 1. The summed E-state index contributed by atoms with van der Waals surface area (Å²) in [5.41, 5.74) is 2.77. The molecule has 11 heteroatoms. The van der Waals surface area contributed by atoms with Gasteiger partial charge in [-0.1, -0.05) is 77.0 Å². The monoisotopic (exact) mass is 635 g/mol. The van der Waals surface area contributed by atoms with Crippen LogP contribution >= 0.6 is 22.9 Å². The molecule has 1 aliphatic rings. The first kappa shape index (κ1) is 29.7. The first-order chi connectivity index (χ1) is 21.0. The van der Waals surface area contributed by atoms with Crippen LogP contribution in [0, 0.1) is 13.8 Å². The Morgan fingerprint density at radius 1 is 1.11 bits per heavy atom. The van der Waals surface area contributed by atoms with Crippen molar-refractivity contribution in [2.75, 3.05) is 6.61 Å². The quantitative estimate of drug-likeness (QED) is 0.217. The second-order valence-electron chi connectivity index (χ2n) is 10.4. The molecule has 224 valence electrons. The van der Waals surface area contributed by atoms with Crippen LogP contribution in [0.5, 0.6) is 0 Å². The van der Waals surface area contributed by atoms with Crippen molar-refractivity contribution in [2.24, 2.45) is 4.99 Å². The number of H-pyrrole nitrogens is 1. The molecule has 3 heterocycles. The van der Waals surface area contributed by atoms with Gasteiger partial charge in [0.05, 0.1) is 28.4 Å². The van der Waals surface area contributed by atoms with Gasteiger partial charge in [0.15, 0.2) is 10.5 Å². The van der Waals surface area contributed by atoms with E-state index in [1.807, 2.05) is 56.3 Å². The molecule has 3 aromatic carbocycles. The number of nitrogens with zero attached hydrogens (tertiary/aromatic N) is 2. The van der Waals surface area contributed by atoms with Crippen LogP contribution in [-0.2, 0) is 9.53 Å². The maximum atomic E-state index is 14.5. The number of halogens is 4. The Hall–Kier alpha value is -4.41. The maximum Gasteiger partial charge on any atom is 0.434 e. The molecule has 0 unspecified atom stereocenters. The van der Waals surface area contributed by atoms with Crippen LogP contribution in [0.25, 0.3) is 28.2 Å². The highest BCUT2D eigenvalue weighted by molar-refractivity contribution is 7.07. The number of alkyl halides is 3. The molecule has 0 bridgehead atoms. The molecule has 2 aromatic heterocycles. The normalized spacial score (nSPS) is 15.4. The third kappa shape index (κ3) is 5.18. The van der Waals surface area contributed by atoms with Gasteiger partial charge < -0.3 is 9.72 Å². The van der Waals surface area contributed by atoms with Gasteiger partial charge in [0, 0.05) is 21.5 Å². The number of allylic oxidation sites excluding steroid dienone is 1. The zero-order chi connectivity index (χ0) is 31.3. The van der Waals surface area contributed by atoms with E-state index in [1.54, 1.807) is 6.08 Å². The van der Waals surface area contributed by atoms with Gasteiger partial charge in [-0.05, 0) is 61.7 Å². The molecule has 0 fully saturated rings.